The van der Waals surface area contributed by atoms with Gasteiger partial charge in [-0.15, -0.1) is 23.7 Å². The van der Waals surface area contributed by atoms with Crippen molar-refractivity contribution in [1.82, 2.24) is 10.2 Å². The van der Waals surface area contributed by atoms with E-state index in [1.54, 1.807) is 11.3 Å². The molecule has 1 amide bonds. The van der Waals surface area contributed by atoms with E-state index >= 15 is 0 Å². The van der Waals surface area contributed by atoms with Crippen LogP contribution in [0, 0.1) is 5.92 Å². The van der Waals surface area contributed by atoms with Gasteiger partial charge in [-0.1, -0.05) is 0 Å². The smallest absolute Gasteiger partial charge is 0.263 e. The SMILES string of the molecule is Cl.O=C(c1cc2c(s1)CCCC2)N1CCC(NCC2CC2)CC1. The summed E-state index contributed by atoms with van der Waals surface area (Å²) in [5.74, 6) is 1.22. The molecule has 3 nitrogen and oxygen atoms in total. The van der Waals surface area contributed by atoms with Gasteiger partial charge < -0.3 is 10.2 Å². The van der Waals surface area contributed by atoms with Gasteiger partial charge >= 0.3 is 0 Å². The van der Waals surface area contributed by atoms with Crippen LogP contribution in [0.2, 0.25) is 0 Å². The van der Waals surface area contributed by atoms with Crippen LogP contribution >= 0.6 is 23.7 Å². The monoisotopic (exact) mass is 354 g/mol. The Morgan fingerprint density at radius 1 is 1.17 bits per heavy atom. The second kappa shape index (κ2) is 7.54. The maximum Gasteiger partial charge on any atom is 0.263 e. The van der Waals surface area contributed by atoms with E-state index in [2.05, 4.69) is 16.3 Å². The van der Waals surface area contributed by atoms with Gasteiger partial charge in [0.15, 0.2) is 0 Å². The Balaban J connectivity index is 0.00000156. The fourth-order valence-electron chi connectivity index (χ4n) is 3.69. The third kappa shape index (κ3) is 4.09. The molecule has 2 heterocycles. The summed E-state index contributed by atoms with van der Waals surface area (Å²) in [6.07, 6.45) is 9.98. The lowest BCUT2D eigenvalue weighted by molar-refractivity contribution is 0.0710. The molecule has 0 aromatic carbocycles. The molecule has 0 atom stereocenters. The van der Waals surface area contributed by atoms with E-state index in [1.165, 1.54) is 55.5 Å². The van der Waals surface area contributed by atoms with Crippen molar-refractivity contribution in [2.24, 2.45) is 5.92 Å². The second-order valence-electron chi connectivity index (χ2n) is 7.18. The van der Waals surface area contributed by atoms with E-state index in [9.17, 15) is 4.79 Å². The molecule has 2 fully saturated rings. The number of halogens is 1. The van der Waals surface area contributed by atoms with Crippen LogP contribution in [0.25, 0.3) is 0 Å². The standard InChI is InChI=1S/C18H26N2OS.ClH/c21-18(17-11-14-3-1-2-4-16(14)22-17)20-9-7-15(8-10-20)19-12-13-5-6-13;/h11,13,15,19H,1-10,12H2;1H. The maximum atomic E-state index is 12.7. The Kier molecular flexibility index (Phi) is 5.65. The van der Waals surface area contributed by atoms with Crippen molar-refractivity contribution >= 4 is 29.7 Å². The van der Waals surface area contributed by atoms with Crippen LogP contribution in [0.3, 0.4) is 0 Å². The Labute approximate surface area is 149 Å². The number of nitrogens with zero attached hydrogens (tertiary/aromatic N) is 1. The average Bonchev–Trinajstić information content (AvgIpc) is 3.29. The molecule has 0 bridgehead atoms. The Bertz CT molecular complexity index is 524. The lowest BCUT2D eigenvalue weighted by Crippen LogP contribution is -2.45. The van der Waals surface area contributed by atoms with Crippen LogP contribution in [-0.4, -0.2) is 36.5 Å². The van der Waals surface area contributed by atoms with Crippen molar-refractivity contribution in [3.8, 4) is 0 Å². The largest absolute Gasteiger partial charge is 0.338 e. The van der Waals surface area contributed by atoms with E-state index in [1.807, 2.05) is 0 Å². The normalized spacial score (nSPS) is 21.7. The molecule has 1 aliphatic heterocycles. The van der Waals surface area contributed by atoms with Gasteiger partial charge in [0, 0.05) is 24.0 Å². The number of piperidine rings is 1. The number of hydrogen-bond acceptors (Lipinski definition) is 3. The first-order chi connectivity index (χ1) is 10.8. The molecular weight excluding hydrogens is 328 g/mol. The first-order valence-corrected chi connectivity index (χ1v) is 9.75. The highest BCUT2D eigenvalue weighted by molar-refractivity contribution is 7.14. The van der Waals surface area contributed by atoms with E-state index in [4.69, 9.17) is 0 Å². The minimum absolute atomic E-state index is 0. The van der Waals surface area contributed by atoms with Crippen molar-refractivity contribution in [2.75, 3.05) is 19.6 Å². The summed E-state index contributed by atoms with van der Waals surface area (Å²) in [4.78, 5) is 17.2. The second-order valence-corrected chi connectivity index (χ2v) is 8.32. The van der Waals surface area contributed by atoms with E-state index < -0.39 is 0 Å². The van der Waals surface area contributed by atoms with Gasteiger partial charge in [-0.2, -0.15) is 0 Å². The first kappa shape index (κ1) is 17.2. The zero-order chi connectivity index (χ0) is 14.9. The van der Waals surface area contributed by atoms with Gasteiger partial charge in [-0.25, -0.2) is 0 Å². The minimum atomic E-state index is 0. The lowest BCUT2D eigenvalue weighted by atomic mass is 9.99. The highest BCUT2D eigenvalue weighted by Gasteiger charge is 2.27. The number of likely N-dealkylation sites (tertiary alicyclic amines) is 1. The van der Waals surface area contributed by atoms with Crippen molar-refractivity contribution < 1.29 is 4.79 Å². The number of carbonyl (C=O) groups excluding carboxylic acids is 1. The molecule has 1 saturated heterocycles. The molecule has 1 aromatic rings. The van der Waals surface area contributed by atoms with Crippen LogP contribution in [-0.2, 0) is 12.8 Å². The summed E-state index contributed by atoms with van der Waals surface area (Å²) in [5, 5.41) is 3.69. The summed E-state index contributed by atoms with van der Waals surface area (Å²) >= 11 is 1.75. The van der Waals surface area contributed by atoms with E-state index in [0.29, 0.717) is 6.04 Å². The summed E-state index contributed by atoms with van der Waals surface area (Å²) in [5.41, 5.74) is 1.44. The van der Waals surface area contributed by atoms with Gasteiger partial charge in [-0.05, 0) is 75.5 Å². The lowest BCUT2D eigenvalue weighted by Gasteiger charge is -2.32. The molecule has 1 saturated carbocycles. The average molecular weight is 355 g/mol. The fraction of sp³-hybridized carbons (Fsp3) is 0.722. The highest BCUT2D eigenvalue weighted by atomic mass is 35.5. The van der Waals surface area contributed by atoms with Crippen LogP contribution in [0.5, 0.6) is 0 Å². The van der Waals surface area contributed by atoms with Gasteiger partial charge in [0.1, 0.15) is 0 Å². The van der Waals surface area contributed by atoms with Gasteiger partial charge in [0.05, 0.1) is 4.88 Å². The zero-order valence-corrected chi connectivity index (χ0v) is 15.3. The summed E-state index contributed by atoms with van der Waals surface area (Å²) < 4.78 is 0. The molecule has 0 spiro atoms. The van der Waals surface area contributed by atoms with Crippen molar-refractivity contribution in [2.45, 2.75) is 57.4 Å². The maximum absolute atomic E-state index is 12.7. The predicted octanol–water partition coefficient (Wildman–Crippen LogP) is 3.65. The van der Waals surface area contributed by atoms with Crippen LogP contribution in [0.4, 0.5) is 0 Å². The van der Waals surface area contributed by atoms with Crippen LogP contribution < -0.4 is 5.32 Å². The van der Waals surface area contributed by atoms with Crippen molar-refractivity contribution in [1.29, 1.82) is 0 Å². The Hall–Kier alpha value is -0.580. The molecular formula is C18H27ClN2OS. The molecule has 1 aromatic heterocycles. The predicted molar refractivity (Wildman–Crippen MR) is 97.9 cm³/mol. The molecule has 0 radical (unpaired) electrons. The first-order valence-electron chi connectivity index (χ1n) is 8.94. The summed E-state index contributed by atoms with van der Waals surface area (Å²) in [6.45, 7) is 3.03. The summed E-state index contributed by atoms with van der Waals surface area (Å²) in [7, 11) is 0. The van der Waals surface area contributed by atoms with Gasteiger partial charge in [0.2, 0.25) is 0 Å². The topological polar surface area (TPSA) is 32.3 Å². The Morgan fingerprint density at radius 3 is 2.61 bits per heavy atom. The van der Waals surface area contributed by atoms with Crippen LogP contribution in [0.1, 0.15) is 58.6 Å². The van der Waals surface area contributed by atoms with Crippen molar-refractivity contribution in [3.05, 3.63) is 21.4 Å². The third-order valence-corrected chi connectivity index (χ3v) is 6.61. The molecule has 5 heteroatoms. The number of aryl methyl sites for hydroxylation is 2. The van der Waals surface area contributed by atoms with Gasteiger partial charge in [0.25, 0.3) is 5.91 Å². The molecule has 128 valence electrons. The number of carbonyl (C=O) groups is 1. The molecule has 2 aliphatic carbocycles. The molecule has 4 rings (SSSR count). The molecule has 23 heavy (non-hydrogen) atoms. The van der Waals surface area contributed by atoms with E-state index in [-0.39, 0.29) is 18.3 Å². The van der Waals surface area contributed by atoms with Crippen molar-refractivity contribution in [3.63, 3.8) is 0 Å². The minimum Gasteiger partial charge on any atom is -0.338 e. The Morgan fingerprint density at radius 2 is 1.91 bits per heavy atom. The number of amides is 1. The highest BCUT2D eigenvalue weighted by Crippen LogP contribution is 2.31. The molecule has 3 aliphatic rings. The van der Waals surface area contributed by atoms with E-state index in [0.717, 1.165) is 36.7 Å². The quantitative estimate of drug-likeness (QED) is 0.895. The van der Waals surface area contributed by atoms with Gasteiger partial charge in [-0.3, -0.25) is 4.79 Å². The molecule has 0 unspecified atom stereocenters. The third-order valence-electron chi connectivity index (χ3n) is 5.38. The zero-order valence-electron chi connectivity index (χ0n) is 13.7. The fourth-order valence-corrected chi connectivity index (χ4v) is 4.92. The number of hydrogen-bond donors (Lipinski definition) is 1. The number of fused-ring (bicyclic) bond motifs is 1. The number of nitrogens with one attached hydrogen (secondary N) is 1. The number of rotatable bonds is 4. The summed E-state index contributed by atoms with van der Waals surface area (Å²) in [6, 6.07) is 2.81. The van der Waals surface area contributed by atoms with Crippen LogP contribution in [0.15, 0.2) is 6.07 Å². The molecule has 1 N–H and O–H groups in total. The number of thiophene rings is 1.